The number of nitrogens with one attached hydrogen (secondary N) is 1. The SMILES string of the molecule is CNC(=O)ON=C(SCC(=O)N(C)C)C(C)(C)OC. The molecule has 0 aromatic rings. The Morgan fingerprint density at radius 1 is 1.37 bits per heavy atom. The van der Waals surface area contributed by atoms with Gasteiger partial charge < -0.3 is 15.0 Å². The normalized spacial score (nSPS) is 12.0. The number of oxime groups is 1. The van der Waals surface area contributed by atoms with Crippen LogP contribution in [0.15, 0.2) is 5.16 Å². The van der Waals surface area contributed by atoms with Crippen molar-refractivity contribution >= 4 is 28.8 Å². The average molecular weight is 291 g/mol. The minimum Gasteiger partial charge on any atom is -0.372 e. The molecule has 2 amide bonds. The van der Waals surface area contributed by atoms with Gasteiger partial charge in [0.15, 0.2) is 0 Å². The third-order valence-electron chi connectivity index (χ3n) is 2.27. The second-order valence-electron chi connectivity index (χ2n) is 4.32. The van der Waals surface area contributed by atoms with Crippen molar-refractivity contribution in [2.24, 2.45) is 5.16 Å². The topological polar surface area (TPSA) is 80.2 Å². The molecule has 0 aliphatic rings. The Balaban J connectivity index is 4.79. The van der Waals surface area contributed by atoms with Crippen LogP contribution in [0, 0.1) is 0 Å². The standard InChI is InChI=1S/C11H21N3O4S/c1-11(2,17-6)9(13-18-10(16)12-3)19-7-8(15)14(4)5/h7H2,1-6H3,(H,12,16). The fourth-order valence-electron chi connectivity index (χ4n) is 0.785. The van der Waals surface area contributed by atoms with Crippen molar-refractivity contribution in [2.45, 2.75) is 19.4 Å². The minimum atomic E-state index is -0.745. The summed E-state index contributed by atoms with van der Waals surface area (Å²) in [4.78, 5) is 28.7. The van der Waals surface area contributed by atoms with Crippen molar-refractivity contribution in [3.05, 3.63) is 0 Å². The summed E-state index contributed by atoms with van der Waals surface area (Å²) in [5.41, 5.74) is -0.745. The van der Waals surface area contributed by atoms with Gasteiger partial charge >= 0.3 is 6.09 Å². The van der Waals surface area contributed by atoms with Crippen LogP contribution in [0.2, 0.25) is 0 Å². The lowest BCUT2D eigenvalue weighted by atomic mass is 10.2. The fourth-order valence-corrected chi connectivity index (χ4v) is 1.82. The smallest absolute Gasteiger partial charge is 0.372 e. The van der Waals surface area contributed by atoms with Crippen LogP contribution in [-0.2, 0) is 14.4 Å². The Bertz CT molecular complexity index is 356. The molecule has 0 bridgehead atoms. The summed E-state index contributed by atoms with van der Waals surface area (Å²) in [5.74, 6) is 0.125. The van der Waals surface area contributed by atoms with Crippen molar-refractivity contribution in [3.8, 4) is 0 Å². The molecule has 0 heterocycles. The lowest BCUT2D eigenvalue weighted by Crippen LogP contribution is -2.34. The monoisotopic (exact) mass is 291 g/mol. The maximum absolute atomic E-state index is 11.5. The van der Waals surface area contributed by atoms with Crippen molar-refractivity contribution < 1.29 is 19.2 Å². The second kappa shape index (κ2) is 8.00. The first-order valence-electron chi connectivity index (χ1n) is 5.60. The van der Waals surface area contributed by atoms with Gasteiger partial charge in [-0.15, -0.1) is 0 Å². The molecule has 8 heteroatoms. The molecule has 0 spiro atoms. The van der Waals surface area contributed by atoms with Gasteiger partial charge in [0.2, 0.25) is 5.91 Å². The molecule has 0 aromatic carbocycles. The van der Waals surface area contributed by atoms with Crippen LogP contribution >= 0.6 is 11.8 Å². The van der Waals surface area contributed by atoms with E-state index in [1.807, 2.05) is 0 Å². The molecule has 0 saturated carbocycles. The first kappa shape index (κ1) is 17.7. The molecule has 0 fully saturated rings. The number of ether oxygens (including phenoxy) is 1. The van der Waals surface area contributed by atoms with Crippen LogP contribution in [0.4, 0.5) is 4.79 Å². The predicted molar refractivity (Wildman–Crippen MR) is 75.2 cm³/mol. The number of hydrogen-bond donors (Lipinski definition) is 1. The lowest BCUT2D eigenvalue weighted by molar-refractivity contribution is -0.125. The number of rotatable bonds is 5. The quantitative estimate of drug-likeness (QED) is 0.352. The highest BCUT2D eigenvalue weighted by atomic mass is 32.2. The first-order chi connectivity index (χ1) is 8.74. The summed E-state index contributed by atoms with van der Waals surface area (Å²) >= 11 is 1.17. The summed E-state index contributed by atoms with van der Waals surface area (Å²) in [7, 11) is 6.29. The van der Waals surface area contributed by atoms with Gasteiger partial charge in [0, 0.05) is 28.3 Å². The van der Waals surface area contributed by atoms with E-state index in [9.17, 15) is 9.59 Å². The van der Waals surface area contributed by atoms with Gasteiger partial charge in [0.05, 0.1) is 5.75 Å². The van der Waals surface area contributed by atoms with Crippen molar-refractivity contribution in [1.29, 1.82) is 0 Å². The van der Waals surface area contributed by atoms with E-state index in [0.717, 1.165) is 0 Å². The maximum atomic E-state index is 11.5. The molecule has 0 aromatic heterocycles. The summed E-state index contributed by atoms with van der Waals surface area (Å²) in [5, 5.41) is 6.43. The van der Waals surface area contributed by atoms with Gasteiger partial charge in [-0.25, -0.2) is 4.79 Å². The fraction of sp³-hybridized carbons (Fsp3) is 0.727. The van der Waals surface area contributed by atoms with E-state index in [1.165, 1.54) is 30.8 Å². The summed E-state index contributed by atoms with van der Waals surface area (Å²) in [6.45, 7) is 3.54. The van der Waals surface area contributed by atoms with Gasteiger partial charge in [0.1, 0.15) is 10.6 Å². The molecule has 0 rings (SSSR count). The highest BCUT2D eigenvalue weighted by Gasteiger charge is 2.27. The second-order valence-corrected chi connectivity index (χ2v) is 5.28. The van der Waals surface area contributed by atoms with Crippen LogP contribution in [0.5, 0.6) is 0 Å². The average Bonchev–Trinajstić information content (AvgIpc) is 2.37. The Kier molecular flexibility index (Phi) is 7.47. The molecule has 0 saturated heterocycles. The Morgan fingerprint density at radius 2 is 1.95 bits per heavy atom. The van der Waals surface area contributed by atoms with E-state index >= 15 is 0 Å². The van der Waals surface area contributed by atoms with Gasteiger partial charge in [0.25, 0.3) is 0 Å². The first-order valence-corrected chi connectivity index (χ1v) is 6.58. The molecule has 0 aliphatic heterocycles. The van der Waals surface area contributed by atoms with Crippen molar-refractivity contribution in [2.75, 3.05) is 34.0 Å². The zero-order valence-corrected chi connectivity index (χ0v) is 13.0. The maximum Gasteiger partial charge on any atom is 0.433 e. The molecular formula is C11H21N3O4S. The summed E-state index contributed by atoms with van der Waals surface area (Å²) in [6.07, 6.45) is -0.677. The molecule has 0 atom stereocenters. The Hall–Kier alpha value is -1.28. The van der Waals surface area contributed by atoms with E-state index < -0.39 is 11.7 Å². The molecule has 7 nitrogen and oxygen atoms in total. The third-order valence-corrected chi connectivity index (χ3v) is 3.50. The number of thioether (sulfide) groups is 1. The van der Waals surface area contributed by atoms with Crippen LogP contribution < -0.4 is 5.32 Å². The number of hydrogen-bond acceptors (Lipinski definition) is 6. The van der Waals surface area contributed by atoms with Crippen LogP contribution in [0.3, 0.4) is 0 Å². The predicted octanol–water partition coefficient (Wildman–Crippen LogP) is 0.902. The number of methoxy groups -OCH3 is 1. The number of amides is 2. The van der Waals surface area contributed by atoms with Crippen LogP contribution in [0.25, 0.3) is 0 Å². The highest BCUT2D eigenvalue weighted by molar-refractivity contribution is 8.14. The number of carbonyl (C=O) groups is 2. The van der Waals surface area contributed by atoms with Crippen molar-refractivity contribution in [3.63, 3.8) is 0 Å². The van der Waals surface area contributed by atoms with Gasteiger partial charge in [-0.2, -0.15) is 0 Å². The minimum absolute atomic E-state index is 0.0652. The van der Waals surface area contributed by atoms with E-state index in [0.29, 0.717) is 5.04 Å². The van der Waals surface area contributed by atoms with Gasteiger partial charge in [-0.1, -0.05) is 16.9 Å². The lowest BCUT2D eigenvalue weighted by Gasteiger charge is -2.23. The van der Waals surface area contributed by atoms with Crippen LogP contribution in [-0.4, -0.2) is 61.6 Å². The summed E-state index contributed by atoms with van der Waals surface area (Å²) in [6, 6.07) is 0. The van der Waals surface area contributed by atoms with E-state index in [4.69, 9.17) is 4.74 Å². The molecule has 110 valence electrons. The Labute approximate surface area is 117 Å². The van der Waals surface area contributed by atoms with E-state index in [2.05, 4.69) is 15.3 Å². The van der Waals surface area contributed by atoms with Gasteiger partial charge in [-0.3, -0.25) is 9.63 Å². The molecule has 0 aliphatic carbocycles. The number of carbonyl (C=O) groups excluding carboxylic acids is 2. The zero-order chi connectivity index (χ0) is 15.1. The molecule has 19 heavy (non-hydrogen) atoms. The molecule has 0 radical (unpaired) electrons. The summed E-state index contributed by atoms with van der Waals surface area (Å²) < 4.78 is 5.27. The number of nitrogens with zero attached hydrogens (tertiary/aromatic N) is 2. The van der Waals surface area contributed by atoms with Crippen LogP contribution in [0.1, 0.15) is 13.8 Å². The zero-order valence-electron chi connectivity index (χ0n) is 12.1. The van der Waals surface area contributed by atoms with Crippen molar-refractivity contribution in [1.82, 2.24) is 10.2 Å². The highest BCUT2D eigenvalue weighted by Crippen LogP contribution is 2.21. The largest absolute Gasteiger partial charge is 0.433 e. The molecule has 1 N–H and O–H groups in total. The third kappa shape index (κ3) is 6.44. The van der Waals surface area contributed by atoms with E-state index in [1.54, 1.807) is 27.9 Å². The molecular weight excluding hydrogens is 270 g/mol. The molecule has 0 unspecified atom stereocenters. The Morgan fingerprint density at radius 3 is 2.37 bits per heavy atom. The van der Waals surface area contributed by atoms with E-state index in [-0.39, 0.29) is 11.7 Å². The van der Waals surface area contributed by atoms with Gasteiger partial charge in [-0.05, 0) is 13.8 Å².